The van der Waals surface area contributed by atoms with Crippen LogP contribution in [0.5, 0.6) is 0 Å². The van der Waals surface area contributed by atoms with Gasteiger partial charge in [0.15, 0.2) is 0 Å². The molecule has 25 heavy (non-hydrogen) atoms. The van der Waals surface area contributed by atoms with Crippen molar-refractivity contribution in [3.63, 3.8) is 0 Å². The van der Waals surface area contributed by atoms with Crippen molar-refractivity contribution in [1.29, 1.82) is 0 Å². The molecule has 0 fully saturated rings. The highest BCUT2D eigenvalue weighted by Gasteiger charge is 2.13. The molecular weight excluding hydrogens is 322 g/mol. The number of hydrogen-bond acceptors (Lipinski definition) is 1. The van der Waals surface area contributed by atoms with Crippen LogP contribution in [0.25, 0.3) is 26.8 Å². The zero-order valence-corrected chi connectivity index (χ0v) is 15.2. The van der Waals surface area contributed by atoms with Gasteiger partial charge in [-0.1, -0.05) is 85.8 Å². The molecule has 0 saturated heterocycles. The van der Waals surface area contributed by atoms with E-state index in [1.54, 1.807) is 0 Å². The second-order valence-corrected chi connectivity index (χ2v) is 7.21. The van der Waals surface area contributed by atoms with Crippen LogP contribution in [0.4, 0.5) is 0 Å². The van der Waals surface area contributed by atoms with E-state index in [9.17, 15) is 0 Å². The van der Waals surface area contributed by atoms with Crippen molar-refractivity contribution >= 4 is 38.6 Å². The molecule has 3 aromatic carbocycles. The minimum absolute atomic E-state index is 1.08. The molecule has 0 atom stereocenters. The Bertz CT molecular complexity index is 975. The van der Waals surface area contributed by atoms with Gasteiger partial charge in [0.2, 0.25) is 0 Å². The third-order valence-electron chi connectivity index (χ3n) is 4.37. The van der Waals surface area contributed by atoms with E-state index in [2.05, 4.69) is 96.4 Å². The number of fused-ring (bicyclic) bond motifs is 3. The lowest BCUT2D eigenvalue weighted by Gasteiger charge is -2.12. The van der Waals surface area contributed by atoms with Crippen LogP contribution in [0.2, 0.25) is 0 Å². The number of thioether (sulfide) groups is 1. The van der Waals surface area contributed by atoms with Gasteiger partial charge in [0, 0.05) is 15.7 Å². The SMILES string of the molecule is CCC/C=C(\Sc1ccccc1)n1c2ccccc2c2ccccc21. The van der Waals surface area contributed by atoms with Crippen LogP contribution in [0.3, 0.4) is 0 Å². The Hall–Kier alpha value is -2.45. The van der Waals surface area contributed by atoms with Crippen molar-refractivity contribution in [1.82, 2.24) is 4.57 Å². The summed E-state index contributed by atoms with van der Waals surface area (Å²) in [6.07, 6.45) is 4.60. The first-order chi connectivity index (χ1) is 12.4. The normalized spacial score (nSPS) is 12.1. The fourth-order valence-electron chi connectivity index (χ4n) is 3.22. The maximum atomic E-state index is 2.41. The third-order valence-corrected chi connectivity index (χ3v) is 5.44. The van der Waals surface area contributed by atoms with Crippen molar-refractivity contribution in [2.75, 3.05) is 0 Å². The van der Waals surface area contributed by atoms with E-state index in [4.69, 9.17) is 0 Å². The number of rotatable bonds is 5. The molecular formula is C23H21NS. The molecule has 4 aromatic rings. The summed E-state index contributed by atoms with van der Waals surface area (Å²) in [7, 11) is 0. The molecule has 0 aliphatic rings. The Morgan fingerprint density at radius 3 is 1.96 bits per heavy atom. The zero-order valence-electron chi connectivity index (χ0n) is 14.4. The Morgan fingerprint density at radius 2 is 1.36 bits per heavy atom. The van der Waals surface area contributed by atoms with Crippen LogP contribution in [0.1, 0.15) is 19.8 Å². The summed E-state index contributed by atoms with van der Waals surface area (Å²) < 4.78 is 2.41. The van der Waals surface area contributed by atoms with Gasteiger partial charge >= 0.3 is 0 Å². The second-order valence-electron chi connectivity index (χ2n) is 6.12. The largest absolute Gasteiger partial charge is 0.304 e. The van der Waals surface area contributed by atoms with E-state index in [1.165, 1.54) is 31.7 Å². The van der Waals surface area contributed by atoms with E-state index >= 15 is 0 Å². The van der Waals surface area contributed by atoms with Crippen LogP contribution in [-0.4, -0.2) is 4.57 Å². The minimum Gasteiger partial charge on any atom is -0.304 e. The fourth-order valence-corrected chi connectivity index (χ4v) is 4.24. The lowest BCUT2D eigenvalue weighted by atomic mass is 10.2. The number of hydrogen-bond donors (Lipinski definition) is 0. The number of unbranched alkanes of at least 4 members (excludes halogenated alkanes) is 1. The molecule has 0 aliphatic carbocycles. The Kier molecular flexibility index (Phi) is 4.62. The number of allylic oxidation sites excluding steroid dienone is 1. The molecule has 0 N–H and O–H groups in total. The highest BCUT2D eigenvalue weighted by atomic mass is 32.2. The molecule has 0 aliphatic heterocycles. The van der Waals surface area contributed by atoms with Gasteiger partial charge in [-0.15, -0.1) is 0 Å². The zero-order chi connectivity index (χ0) is 17.1. The molecule has 124 valence electrons. The molecule has 1 aromatic heterocycles. The Balaban J connectivity index is 1.94. The van der Waals surface area contributed by atoms with Gasteiger partial charge in [-0.3, -0.25) is 0 Å². The molecule has 0 spiro atoms. The van der Waals surface area contributed by atoms with Gasteiger partial charge in [0.05, 0.1) is 16.1 Å². The molecule has 0 unspecified atom stereocenters. The number of aromatic nitrogens is 1. The smallest absolute Gasteiger partial charge is 0.0806 e. The summed E-state index contributed by atoms with van der Waals surface area (Å²) in [5, 5.41) is 3.91. The average molecular weight is 343 g/mol. The molecule has 1 nitrogen and oxygen atoms in total. The molecule has 1 heterocycles. The quantitative estimate of drug-likeness (QED) is 0.347. The van der Waals surface area contributed by atoms with Crippen LogP contribution < -0.4 is 0 Å². The van der Waals surface area contributed by atoms with Crippen molar-refractivity contribution in [3.05, 3.63) is 84.9 Å². The topological polar surface area (TPSA) is 4.93 Å². The van der Waals surface area contributed by atoms with Crippen molar-refractivity contribution < 1.29 is 0 Å². The van der Waals surface area contributed by atoms with Gasteiger partial charge in [-0.25, -0.2) is 0 Å². The molecule has 0 amide bonds. The van der Waals surface area contributed by atoms with Gasteiger partial charge in [-0.05, 0) is 30.7 Å². The van der Waals surface area contributed by atoms with Crippen LogP contribution >= 0.6 is 11.8 Å². The molecule has 2 heteroatoms. The molecule has 0 radical (unpaired) electrons. The van der Waals surface area contributed by atoms with Gasteiger partial charge in [0.1, 0.15) is 0 Å². The molecule has 4 rings (SSSR count). The highest BCUT2D eigenvalue weighted by Crippen LogP contribution is 2.38. The van der Waals surface area contributed by atoms with E-state index in [0.29, 0.717) is 0 Å². The Labute approximate surface area is 153 Å². The van der Waals surface area contributed by atoms with Crippen LogP contribution in [0.15, 0.2) is 89.8 Å². The van der Waals surface area contributed by atoms with Gasteiger partial charge < -0.3 is 4.57 Å². The van der Waals surface area contributed by atoms with E-state index < -0.39 is 0 Å². The minimum atomic E-state index is 1.08. The molecule has 0 saturated carbocycles. The lowest BCUT2D eigenvalue weighted by Crippen LogP contribution is -1.94. The summed E-state index contributed by atoms with van der Waals surface area (Å²) in [5.74, 6) is 0. The van der Waals surface area contributed by atoms with Crippen molar-refractivity contribution in [2.24, 2.45) is 0 Å². The fraction of sp³-hybridized carbons (Fsp3) is 0.130. The maximum absolute atomic E-state index is 2.41. The van der Waals surface area contributed by atoms with Crippen LogP contribution in [0, 0.1) is 0 Å². The van der Waals surface area contributed by atoms with E-state index in [-0.39, 0.29) is 0 Å². The average Bonchev–Trinajstić information content (AvgIpc) is 3.00. The summed E-state index contributed by atoms with van der Waals surface area (Å²) in [6, 6.07) is 28.0. The summed E-state index contributed by atoms with van der Waals surface area (Å²) in [4.78, 5) is 1.27. The van der Waals surface area contributed by atoms with E-state index in [0.717, 1.165) is 12.8 Å². The lowest BCUT2D eigenvalue weighted by molar-refractivity contribution is 0.957. The highest BCUT2D eigenvalue weighted by molar-refractivity contribution is 8.08. The number of benzene rings is 3. The first-order valence-electron chi connectivity index (χ1n) is 8.80. The summed E-state index contributed by atoms with van der Waals surface area (Å²) in [5.41, 5.74) is 2.55. The maximum Gasteiger partial charge on any atom is 0.0806 e. The predicted molar refractivity (Wildman–Crippen MR) is 111 cm³/mol. The van der Waals surface area contributed by atoms with Gasteiger partial charge in [0.25, 0.3) is 0 Å². The number of nitrogens with zero attached hydrogens (tertiary/aromatic N) is 1. The monoisotopic (exact) mass is 343 g/mol. The molecule has 0 bridgehead atoms. The van der Waals surface area contributed by atoms with Crippen molar-refractivity contribution in [3.8, 4) is 0 Å². The first kappa shape index (κ1) is 16.0. The Morgan fingerprint density at radius 1 is 0.800 bits per heavy atom. The van der Waals surface area contributed by atoms with Gasteiger partial charge in [-0.2, -0.15) is 0 Å². The third kappa shape index (κ3) is 3.10. The van der Waals surface area contributed by atoms with E-state index in [1.807, 2.05) is 11.8 Å². The predicted octanol–water partition coefficient (Wildman–Crippen LogP) is 7.19. The first-order valence-corrected chi connectivity index (χ1v) is 9.61. The summed E-state index contributed by atoms with van der Waals surface area (Å²) >= 11 is 1.84. The summed E-state index contributed by atoms with van der Waals surface area (Å²) in [6.45, 7) is 2.23. The van der Waals surface area contributed by atoms with Crippen molar-refractivity contribution in [2.45, 2.75) is 24.7 Å². The second kappa shape index (κ2) is 7.20. The van der Waals surface area contributed by atoms with Crippen LogP contribution in [-0.2, 0) is 0 Å². The standard InChI is InChI=1S/C23H21NS/c1-2-3-17-23(25-18-11-5-4-6-12-18)24-21-15-9-7-13-19(21)20-14-8-10-16-22(20)24/h4-17H,2-3H2,1H3/b23-17-. The number of para-hydroxylation sites is 2.